The molecule has 2 aliphatic rings. The zero-order chi connectivity index (χ0) is 22.9. The van der Waals surface area contributed by atoms with E-state index in [2.05, 4.69) is 31.7 Å². The summed E-state index contributed by atoms with van der Waals surface area (Å²) in [6.45, 7) is 8.32. The fraction of sp³-hybridized carbons (Fsp3) is 0.690. The second kappa shape index (κ2) is 12.6. The van der Waals surface area contributed by atoms with Crippen molar-refractivity contribution in [1.29, 1.82) is 0 Å². The molecule has 32 heavy (non-hydrogen) atoms. The van der Waals surface area contributed by atoms with E-state index in [1.54, 1.807) is 6.92 Å². The summed E-state index contributed by atoms with van der Waals surface area (Å²) >= 11 is 0. The maximum Gasteiger partial charge on any atom is 0.333 e. The van der Waals surface area contributed by atoms with Crippen LogP contribution in [0, 0.1) is 17.8 Å². The lowest BCUT2D eigenvalue weighted by molar-refractivity contribution is -0.139. The van der Waals surface area contributed by atoms with Gasteiger partial charge >= 0.3 is 5.97 Å². The van der Waals surface area contributed by atoms with Gasteiger partial charge in [0.15, 0.2) is 0 Å². The summed E-state index contributed by atoms with van der Waals surface area (Å²) in [4.78, 5) is 11.6. The maximum atomic E-state index is 11.6. The largest absolute Gasteiger partial charge is 0.462 e. The number of ether oxygens (including phenoxy) is 1. The molecule has 178 valence electrons. The van der Waals surface area contributed by atoms with Crippen LogP contribution >= 0.6 is 0 Å². The maximum absolute atomic E-state index is 11.6. The molecule has 2 saturated carbocycles. The van der Waals surface area contributed by atoms with Gasteiger partial charge in [0.05, 0.1) is 6.61 Å². The molecule has 3 nitrogen and oxygen atoms in total. The molecule has 2 aliphatic carbocycles. The number of hydrogen-bond donors (Lipinski definition) is 1. The highest BCUT2D eigenvalue weighted by Crippen LogP contribution is 2.42. The van der Waals surface area contributed by atoms with Crippen molar-refractivity contribution in [2.24, 2.45) is 17.8 Å². The van der Waals surface area contributed by atoms with Crippen LogP contribution in [0.2, 0.25) is 0 Å². The molecule has 3 rings (SSSR count). The van der Waals surface area contributed by atoms with Crippen molar-refractivity contribution in [3.8, 4) is 0 Å². The van der Waals surface area contributed by atoms with Crippen LogP contribution in [0.1, 0.15) is 101 Å². The van der Waals surface area contributed by atoms with Crippen LogP contribution in [0.15, 0.2) is 30.4 Å². The lowest BCUT2D eigenvalue weighted by Crippen LogP contribution is -2.20. The Morgan fingerprint density at radius 1 is 1.00 bits per heavy atom. The molecule has 1 aromatic carbocycles. The van der Waals surface area contributed by atoms with Gasteiger partial charge in [-0.1, -0.05) is 57.4 Å². The van der Waals surface area contributed by atoms with Crippen molar-refractivity contribution in [3.63, 3.8) is 0 Å². The first-order valence-electron chi connectivity index (χ1n) is 13.0. The number of aliphatic hydroxyl groups is 1. The van der Waals surface area contributed by atoms with E-state index in [1.807, 2.05) is 0 Å². The molecule has 0 amide bonds. The number of aliphatic hydroxyl groups excluding tert-OH is 1. The summed E-state index contributed by atoms with van der Waals surface area (Å²) < 4.78 is 5.28. The monoisotopic (exact) mass is 440 g/mol. The van der Waals surface area contributed by atoms with Crippen LogP contribution in [-0.2, 0) is 22.4 Å². The topological polar surface area (TPSA) is 46.5 Å². The molecule has 0 radical (unpaired) electrons. The Morgan fingerprint density at radius 2 is 1.72 bits per heavy atom. The quantitative estimate of drug-likeness (QED) is 0.200. The van der Waals surface area contributed by atoms with Gasteiger partial charge in [0.2, 0.25) is 0 Å². The number of carbonyl (C=O) groups excluding carboxylic acids is 1. The van der Waals surface area contributed by atoms with Gasteiger partial charge in [0.25, 0.3) is 0 Å². The van der Waals surface area contributed by atoms with Gasteiger partial charge in [-0.3, -0.25) is 0 Å². The Labute approximate surface area is 195 Å². The third-order valence-corrected chi connectivity index (χ3v) is 8.00. The number of hydrogen-bond acceptors (Lipinski definition) is 3. The molecule has 0 heterocycles. The van der Waals surface area contributed by atoms with E-state index in [-0.39, 0.29) is 12.6 Å². The van der Waals surface area contributed by atoms with Gasteiger partial charge in [-0.2, -0.15) is 0 Å². The normalized spacial score (nSPS) is 26.3. The summed E-state index contributed by atoms with van der Waals surface area (Å²) in [7, 11) is 0. The molecule has 2 unspecified atom stereocenters. The van der Waals surface area contributed by atoms with E-state index in [1.165, 1.54) is 74.5 Å². The summed E-state index contributed by atoms with van der Waals surface area (Å²) in [6, 6.07) is 6.92. The summed E-state index contributed by atoms with van der Waals surface area (Å²) in [5.41, 5.74) is 4.45. The van der Waals surface area contributed by atoms with Crippen molar-refractivity contribution >= 4 is 5.97 Å². The second-order valence-corrected chi connectivity index (χ2v) is 10.5. The zero-order valence-corrected chi connectivity index (χ0v) is 20.4. The van der Waals surface area contributed by atoms with Gasteiger partial charge in [0.1, 0.15) is 0 Å². The molecule has 2 fully saturated rings. The second-order valence-electron chi connectivity index (χ2n) is 10.5. The third-order valence-electron chi connectivity index (χ3n) is 8.00. The number of benzene rings is 1. The van der Waals surface area contributed by atoms with Gasteiger partial charge in [-0.15, -0.1) is 0 Å². The van der Waals surface area contributed by atoms with E-state index < -0.39 is 0 Å². The minimum atomic E-state index is -0.310. The molecule has 3 heteroatoms. The van der Waals surface area contributed by atoms with Crippen LogP contribution in [0.3, 0.4) is 0 Å². The molecule has 2 atom stereocenters. The van der Waals surface area contributed by atoms with Crippen LogP contribution in [0.4, 0.5) is 0 Å². The van der Waals surface area contributed by atoms with Gasteiger partial charge in [0, 0.05) is 12.2 Å². The lowest BCUT2D eigenvalue weighted by Gasteiger charge is -2.32. The SMILES string of the molecule is C=C(C)C(=O)OCCCc1cc(C2CCCC(C3CCC(C)CC3)CC2)ccc1CCO. The van der Waals surface area contributed by atoms with E-state index in [9.17, 15) is 9.90 Å². The minimum absolute atomic E-state index is 0.169. The third kappa shape index (κ3) is 7.20. The number of carbonyl (C=O) groups is 1. The van der Waals surface area contributed by atoms with Gasteiger partial charge in [-0.25, -0.2) is 4.79 Å². The number of esters is 1. The van der Waals surface area contributed by atoms with Gasteiger partial charge in [-0.05, 0) is 98.7 Å². The highest BCUT2D eigenvalue weighted by molar-refractivity contribution is 5.86. The molecular weight excluding hydrogens is 396 g/mol. The first-order chi connectivity index (χ1) is 15.5. The molecule has 0 aliphatic heterocycles. The Balaban J connectivity index is 1.59. The predicted molar refractivity (Wildman–Crippen MR) is 132 cm³/mol. The van der Waals surface area contributed by atoms with E-state index in [0.29, 0.717) is 24.5 Å². The highest BCUT2D eigenvalue weighted by atomic mass is 16.5. The number of aryl methyl sites for hydroxylation is 1. The Kier molecular flexibility index (Phi) is 9.84. The Morgan fingerprint density at radius 3 is 2.44 bits per heavy atom. The van der Waals surface area contributed by atoms with Crippen molar-refractivity contribution < 1.29 is 14.6 Å². The fourth-order valence-corrected chi connectivity index (χ4v) is 5.94. The molecular formula is C29H44O3. The smallest absolute Gasteiger partial charge is 0.333 e. The average Bonchev–Trinajstić information content (AvgIpc) is 3.04. The van der Waals surface area contributed by atoms with Crippen molar-refractivity contribution in [3.05, 3.63) is 47.0 Å². The van der Waals surface area contributed by atoms with Crippen molar-refractivity contribution in [2.75, 3.05) is 13.2 Å². The average molecular weight is 441 g/mol. The van der Waals surface area contributed by atoms with Crippen LogP contribution in [0.25, 0.3) is 0 Å². The molecule has 0 saturated heterocycles. The highest BCUT2D eigenvalue weighted by Gasteiger charge is 2.29. The van der Waals surface area contributed by atoms with E-state index >= 15 is 0 Å². The fourth-order valence-electron chi connectivity index (χ4n) is 5.94. The lowest BCUT2D eigenvalue weighted by atomic mass is 9.74. The molecule has 0 aromatic heterocycles. The first-order valence-corrected chi connectivity index (χ1v) is 13.0. The van der Waals surface area contributed by atoms with Gasteiger partial charge < -0.3 is 9.84 Å². The van der Waals surface area contributed by atoms with Crippen LogP contribution < -0.4 is 0 Å². The Bertz CT molecular complexity index is 745. The minimum Gasteiger partial charge on any atom is -0.462 e. The summed E-state index contributed by atoms with van der Waals surface area (Å²) in [6.07, 6.45) is 14.9. The molecule has 0 bridgehead atoms. The zero-order valence-electron chi connectivity index (χ0n) is 20.4. The van der Waals surface area contributed by atoms with Crippen molar-refractivity contribution in [1.82, 2.24) is 0 Å². The molecule has 0 spiro atoms. The standard InChI is InChI=1S/C29H44O3/c1-21(2)29(31)32-19-5-8-27-20-28(16-15-26(27)17-18-30)24-7-4-6-23(13-14-24)25-11-9-22(3)10-12-25/h15-16,20,22-25,30H,1,4-14,17-19H2,2-3H3. The number of rotatable bonds is 9. The Hall–Kier alpha value is -1.61. The summed E-state index contributed by atoms with van der Waals surface area (Å²) in [5.74, 6) is 3.18. The molecule has 1 N–H and O–H groups in total. The van der Waals surface area contributed by atoms with Crippen LogP contribution in [0.5, 0.6) is 0 Å². The molecule has 1 aromatic rings. The first kappa shape index (κ1) is 25.0. The van der Waals surface area contributed by atoms with E-state index in [4.69, 9.17) is 4.74 Å². The summed E-state index contributed by atoms with van der Waals surface area (Å²) in [5, 5.41) is 9.50. The predicted octanol–water partition coefficient (Wildman–Crippen LogP) is 6.76. The van der Waals surface area contributed by atoms with E-state index in [0.717, 1.165) is 30.6 Å². The van der Waals surface area contributed by atoms with Crippen molar-refractivity contribution in [2.45, 2.75) is 96.8 Å². The van der Waals surface area contributed by atoms with Crippen LogP contribution in [-0.4, -0.2) is 24.3 Å².